The molecule has 2 heterocycles. The first-order valence-corrected chi connectivity index (χ1v) is 8.49. The Kier molecular flexibility index (Phi) is 5.11. The molecule has 1 aliphatic rings. The number of fused-ring (bicyclic) bond motifs is 1. The maximum absolute atomic E-state index is 12.7. The van der Waals surface area contributed by atoms with Crippen LogP contribution in [0.1, 0.15) is 19.8 Å². The van der Waals surface area contributed by atoms with E-state index < -0.39 is 0 Å². The number of amides is 1. The molecule has 0 unspecified atom stereocenters. The summed E-state index contributed by atoms with van der Waals surface area (Å²) in [5.74, 6) is -0.720. The molecule has 1 aromatic heterocycles. The van der Waals surface area contributed by atoms with Gasteiger partial charge in [-0.2, -0.15) is 0 Å². The van der Waals surface area contributed by atoms with Crippen molar-refractivity contribution in [3.8, 4) is 0 Å². The van der Waals surface area contributed by atoms with Gasteiger partial charge in [0.1, 0.15) is 6.54 Å². The van der Waals surface area contributed by atoms with E-state index in [1.807, 2.05) is 12.1 Å². The molecule has 0 bridgehead atoms. The molecular weight excluding hydrogens is 322 g/mol. The Labute approximate surface area is 145 Å². The number of esters is 1. The summed E-state index contributed by atoms with van der Waals surface area (Å²) in [6.45, 7) is 2.98. The van der Waals surface area contributed by atoms with Crippen molar-refractivity contribution in [1.29, 1.82) is 0 Å². The van der Waals surface area contributed by atoms with Crippen LogP contribution in [0, 0.1) is 5.92 Å². The summed E-state index contributed by atoms with van der Waals surface area (Å²) < 4.78 is 6.49. The van der Waals surface area contributed by atoms with Crippen molar-refractivity contribution in [2.75, 3.05) is 19.7 Å². The SMILES string of the molecule is CCOC(=O)[C@H]1CCCN(C(=O)Cn2c(=O)cnc3ccccc32)C1. The number of para-hydroxylation sites is 2. The molecule has 0 aliphatic carbocycles. The fourth-order valence-electron chi connectivity index (χ4n) is 3.17. The van der Waals surface area contributed by atoms with Crippen molar-refractivity contribution in [1.82, 2.24) is 14.5 Å². The molecule has 0 spiro atoms. The third-order valence-corrected chi connectivity index (χ3v) is 4.44. The lowest BCUT2D eigenvalue weighted by Gasteiger charge is -2.31. The zero-order valence-corrected chi connectivity index (χ0v) is 14.2. The number of carbonyl (C=O) groups is 2. The van der Waals surface area contributed by atoms with Crippen molar-refractivity contribution < 1.29 is 14.3 Å². The smallest absolute Gasteiger partial charge is 0.310 e. The van der Waals surface area contributed by atoms with Crippen LogP contribution < -0.4 is 5.56 Å². The number of rotatable bonds is 4. The lowest BCUT2D eigenvalue weighted by atomic mass is 9.98. The summed E-state index contributed by atoms with van der Waals surface area (Å²) in [4.78, 5) is 42.5. The highest BCUT2D eigenvalue weighted by atomic mass is 16.5. The topological polar surface area (TPSA) is 81.5 Å². The highest BCUT2D eigenvalue weighted by molar-refractivity contribution is 5.81. The van der Waals surface area contributed by atoms with Gasteiger partial charge in [0, 0.05) is 13.1 Å². The summed E-state index contributed by atoms with van der Waals surface area (Å²) in [5, 5.41) is 0. The average molecular weight is 343 g/mol. The Morgan fingerprint density at radius 2 is 2.12 bits per heavy atom. The number of aromatic nitrogens is 2. The van der Waals surface area contributed by atoms with E-state index in [0.717, 1.165) is 12.8 Å². The predicted molar refractivity (Wildman–Crippen MR) is 91.9 cm³/mol. The number of likely N-dealkylation sites (tertiary alicyclic amines) is 1. The van der Waals surface area contributed by atoms with Crippen molar-refractivity contribution in [3.05, 3.63) is 40.8 Å². The molecule has 1 fully saturated rings. The van der Waals surface area contributed by atoms with Crippen molar-refractivity contribution >= 4 is 22.9 Å². The number of benzene rings is 1. The Morgan fingerprint density at radius 1 is 1.32 bits per heavy atom. The van der Waals surface area contributed by atoms with E-state index in [4.69, 9.17) is 4.74 Å². The molecule has 25 heavy (non-hydrogen) atoms. The van der Waals surface area contributed by atoms with Crippen LogP contribution in [0.4, 0.5) is 0 Å². The van der Waals surface area contributed by atoms with E-state index >= 15 is 0 Å². The number of hydrogen-bond acceptors (Lipinski definition) is 5. The highest BCUT2D eigenvalue weighted by Crippen LogP contribution is 2.18. The van der Waals surface area contributed by atoms with Gasteiger partial charge in [0.15, 0.2) is 0 Å². The first-order valence-electron chi connectivity index (χ1n) is 8.49. The largest absolute Gasteiger partial charge is 0.466 e. The number of nitrogens with zero attached hydrogens (tertiary/aromatic N) is 3. The van der Waals surface area contributed by atoms with Crippen LogP contribution in [0.25, 0.3) is 11.0 Å². The molecule has 1 aromatic carbocycles. The summed E-state index contributed by atoms with van der Waals surface area (Å²) in [6.07, 6.45) is 2.70. The van der Waals surface area contributed by atoms with E-state index in [2.05, 4.69) is 4.98 Å². The molecule has 132 valence electrons. The number of piperidine rings is 1. The summed E-state index contributed by atoms with van der Waals surface area (Å²) in [7, 11) is 0. The van der Waals surface area contributed by atoms with Crippen LogP contribution in [-0.4, -0.2) is 46.0 Å². The molecule has 0 saturated carbocycles. The predicted octanol–water partition coefficient (Wildman–Crippen LogP) is 1.20. The van der Waals surface area contributed by atoms with Gasteiger partial charge in [-0.3, -0.25) is 19.0 Å². The van der Waals surface area contributed by atoms with Crippen LogP contribution in [0.15, 0.2) is 35.3 Å². The standard InChI is InChI=1S/C18H21N3O4/c1-2-25-18(24)13-6-5-9-20(11-13)17(23)12-21-15-8-4-3-7-14(15)19-10-16(21)22/h3-4,7-8,10,13H,2,5-6,9,11-12H2,1H3/t13-/m0/s1. The second-order valence-corrected chi connectivity index (χ2v) is 6.10. The number of carbonyl (C=O) groups excluding carboxylic acids is 2. The molecule has 1 amide bonds. The lowest BCUT2D eigenvalue weighted by Crippen LogP contribution is -2.45. The van der Waals surface area contributed by atoms with E-state index in [0.29, 0.717) is 30.7 Å². The van der Waals surface area contributed by atoms with Gasteiger partial charge in [-0.15, -0.1) is 0 Å². The van der Waals surface area contributed by atoms with Crippen molar-refractivity contribution in [2.45, 2.75) is 26.3 Å². The second kappa shape index (κ2) is 7.46. The van der Waals surface area contributed by atoms with Gasteiger partial charge in [-0.05, 0) is 31.9 Å². The Hall–Kier alpha value is -2.70. The molecule has 1 saturated heterocycles. The zero-order chi connectivity index (χ0) is 17.8. The Morgan fingerprint density at radius 3 is 2.92 bits per heavy atom. The van der Waals surface area contributed by atoms with Crippen LogP contribution >= 0.6 is 0 Å². The third kappa shape index (κ3) is 3.70. The lowest BCUT2D eigenvalue weighted by molar-refractivity contribution is -0.151. The molecule has 1 atom stereocenters. The van der Waals surface area contributed by atoms with Gasteiger partial charge >= 0.3 is 5.97 Å². The summed E-state index contributed by atoms with van der Waals surface area (Å²) >= 11 is 0. The molecule has 0 N–H and O–H groups in total. The van der Waals surface area contributed by atoms with Crippen LogP contribution in [0.3, 0.4) is 0 Å². The van der Waals surface area contributed by atoms with Crippen LogP contribution in [0.5, 0.6) is 0 Å². The van der Waals surface area contributed by atoms with Crippen LogP contribution in [0.2, 0.25) is 0 Å². The first kappa shape index (κ1) is 17.1. The minimum Gasteiger partial charge on any atom is -0.466 e. The maximum Gasteiger partial charge on any atom is 0.310 e. The van der Waals surface area contributed by atoms with E-state index in [1.54, 1.807) is 24.0 Å². The molecule has 7 nitrogen and oxygen atoms in total. The fourth-order valence-corrected chi connectivity index (χ4v) is 3.17. The van der Waals surface area contributed by atoms with Gasteiger partial charge in [0.25, 0.3) is 5.56 Å². The molecule has 2 aromatic rings. The minimum atomic E-state index is -0.314. The van der Waals surface area contributed by atoms with Gasteiger partial charge < -0.3 is 9.64 Å². The quantitative estimate of drug-likeness (QED) is 0.779. The van der Waals surface area contributed by atoms with E-state index in [9.17, 15) is 14.4 Å². The molecule has 3 rings (SSSR count). The Balaban J connectivity index is 1.77. The first-order chi connectivity index (χ1) is 12.1. The monoisotopic (exact) mass is 343 g/mol. The van der Waals surface area contributed by atoms with Crippen molar-refractivity contribution in [2.24, 2.45) is 5.92 Å². The summed E-state index contributed by atoms with van der Waals surface area (Å²) in [6, 6.07) is 7.21. The maximum atomic E-state index is 12.7. The third-order valence-electron chi connectivity index (χ3n) is 4.44. The van der Waals surface area contributed by atoms with E-state index in [-0.39, 0.29) is 29.9 Å². The van der Waals surface area contributed by atoms with E-state index in [1.165, 1.54) is 10.8 Å². The molecule has 0 radical (unpaired) electrons. The molecule has 7 heteroatoms. The Bertz CT molecular complexity index is 846. The number of ether oxygens (including phenoxy) is 1. The minimum absolute atomic E-state index is 0.0581. The van der Waals surface area contributed by atoms with Gasteiger partial charge in [-0.25, -0.2) is 4.98 Å². The second-order valence-electron chi connectivity index (χ2n) is 6.10. The number of hydrogen-bond donors (Lipinski definition) is 0. The van der Waals surface area contributed by atoms with Gasteiger partial charge in [0.2, 0.25) is 5.91 Å². The van der Waals surface area contributed by atoms with Crippen molar-refractivity contribution in [3.63, 3.8) is 0 Å². The molecule has 1 aliphatic heterocycles. The average Bonchev–Trinajstić information content (AvgIpc) is 2.64. The summed E-state index contributed by atoms with van der Waals surface area (Å²) in [5.41, 5.74) is 0.978. The normalized spacial score (nSPS) is 17.5. The van der Waals surface area contributed by atoms with Gasteiger partial charge in [-0.1, -0.05) is 12.1 Å². The van der Waals surface area contributed by atoms with Crippen LogP contribution in [-0.2, 0) is 20.9 Å². The molecular formula is C18H21N3O4. The fraction of sp³-hybridized carbons (Fsp3) is 0.444. The van der Waals surface area contributed by atoms with Gasteiger partial charge in [0.05, 0.1) is 29.8 Å². The zero-order valence-electron chi connectivity index (χ0n) is 14.2. The highest BCUT2D eigenvalue weighted by Gasteiger charge is 2.29.